The Balaban J connectivity index is 1.67. The molecule has 0 bridgehead atoms. The summed E-state index contributed by atoms with van der Waals surface area (Å²) in [6.45, 7) is 8.77. The molecule has 2 heterocycles. The summed E-state index contributed by atoms with van der Waals surface area (Å²) in [4.78, 5) is 2.31. The van der Waals surface area contributed by atoms with E-state index < -0.39 is 0 Å². The number of para-hydroxylation sites is 1. The van der Waals surface area contributed by atoms with E-state index in [1.165, 1.54) is 22.4 Å². The third-order valence-electron chi connectivity index (χ3n) is 5.78. The second kappa shape index (κ2) is 8.92. The van der Waals surface area contributed by atoms with Crippen LogP contribution in [0.1, 0.15) is 42.3 Å². The van der Waals surface area contributed by atoms with E-state index in [9.17, 15) is 0 Å². The molecule has 1 atom stereocenters. The minimum absolute atomic E-state index is 0.0681. The van der Waals surface area contributed by atoms with Gasteiger partial charge in [-0.3, -0.25) is 0 Å². The quantitative estimate of drug-likeness (QED) is 0.548. The van der Waals surface area contributed by atoms with Gasteiger partial charge < -0.3 is 19.5 Å². The molecule has 4 nitrogen and oxygen atoms in total. The Morgan fingerprint density at radius 1 is 1.07 bits per heavy atom. The zero-order valence-electron chi connectivity index (χ0n) is 17.9. The van der Waals surface area contributed by atoms with Crippen LogP contribution < -0.4 is 10.1 Å². The Labute approximate surface area is 184 Å². The molecule has 0 spiro atoms. The summed E-state index contributed by atoms with van der Waals surface area (Å²) in [5, 5.41) is 4.35. The molecule has 0 aliphatic carbocycles. The van der Waals surface area contributed by atoms with Crippen LogP contribution in [0.5, 0.6) is 5.75 Å². The predicted octanol–water partition coefficient (Wildman–Crippen LogP) is 5.56. The number of hydrogen-bond donors (Lipinski definition) is 1. The second-order valence-electron chi connectivity index (χ2n) is 7.62. The maximum Gasteiger partial charge on any atom is 0.174 e. The molecule has 0 amide bonds. The summed E-state index contributed by atoms with van der Waals surface area (Å²) >= 11 is 5.95. The lowest BCUT2D eigenvalue weighted by Crippen LogP contribution is -2.44. The monoisotopic (exact) mass is 419 g/mol. The van der Waals surface area contributed by atoms with Crippen molar-refractivity contribution < 1.29 is 4.74 Å². The lowest BCUT2D eigenvalue weighted by molar-refractivity contribution is 0.293. The van der Waals surface area contributed by atoms with Gasteiger partial charge in [0.25, 0.3) is 0 Å². The Bertz CT molecular complexity index is 1030. The first-order valence-corrected chi connectivity index (χ1v) is 11.1. The highest BCUT2D eigenvalue weighted by Crippen LogP contribution is 2.34. The van der Waals surface area contributed by atoms with Gasteiger partial charge in [0.05, 0.1) is 12.6 Å². The smallest absolute Gasteiger partial charge is 0.174 e. The lowest BCUT2D eigenvalue weighted by Gasteiger charge is -2.39. The lowest BCUT2D eigenvalue weighted by atomic mass is 10.00. The number of aryl methyl sites for hydroxylation is 2. The van der Waals surface area contributed by atoms with E-state index in [0.717, 1.165) is 36.1 Å². The van der Waals surface area contributed by atoms with Gasteiger partial charge in [0.15, 0.2) is 5.11 Å². The molecule has 1 unspecified atom stereocenters. The summed E-state index contributed by atoms with van der Waals surface area (Å²) in [7, 11) is 0. The molecule has 156 valence electrons. The van der Waals surface area contributed by atoms with Crippen LogP contribution in [0.2, 0.25) is 0 Å². The number of anilines is 1. The summed E-state index contributed by atoms with van der Waals surface area (Å²) in [5.74, 6) is 0.896. The summed E-state index contributed by atoms with van der Waals surface area (Å²) in [6.07, 6.45) is 3.12. The minimum atomic E-state index is 0.0681. The van der Waals surface area contributed by atoms with Gasteiger partial charge in [-0.2, -0.15) is 0 Å². The molecular weight excluding hydrogens is 390 g/mol. The maximum atomic E-state index is 5.95. The van der Waals surface area contributed by atoms with Crippen LogP contribution >= 0.6 is 12.2 Å². The van der Waals surface area contributed by atoms with Gasteiger partial charge >= 0.3 is 0 Å². The van der Waals surface area contributed by atoms with E-state index in [1.807, 2.05) is 19.1 Å². The fraction of sp³-hybridized carbons (Fsp3) is 0.320. The third-order valence-corrected chi connectivity index (χ3v) is 6.11. The molecule has 1 N–H and O–H groups in total. The maximum absolute atomic E-state index is 5.95. The van der Waals surface area contributed by atoms with Crippen LogP contribution in [0.15, 0.2) is 60.8 Å². The van der Waals surface area contributed by atoms with Crippen LogP contribution in [0, 0.1) is 6.92 Å². The third kappa shape index (κ3) is 3.94. The standard InChI is InChI=1S/C25H29N3OS/c1-4-19-9-6-8-18(3)23(19)26-25(30)28-17-16-27-15-7-10-22(27)24(28)20-11-13-21(14-12-20)29-5-2/h6-15,24H,4-5,16-17H2,1-3H3,(H,26,30). The van der Waals surface area contributed by atoms with Gasteiger partial charge in [-0.15, -0.1) is 0 Å². The number of thiocarbonyl (C=S) groups is 1. The predicted molar refractivity (Wildman–Crippen MR) is 127 cm³/mol. The number of fused-ring (bicyclic) bond motifs is 1. The minimum Gasteiger partial charge on any atom is -0.494 e. The fourth-order valence-corrected chi connectivity index (χ4v) is 4.55. The SMILES string of the molecule is CCOc1ccc(C2c3cccn3CCN2C(=S)Nc2c(C)cccc2CC)cc1. The van der Waals surface area contributed by atoms with Gasteiger partial charge in [0.2, 0.25) is 0 Å². The highest BCUT2D eigenvalue weighted by molar-refractivity contribution is 7.80. The van der Waals surface area contributed by atoms with Gasteiger partial charge in [-0.1, -0.05) is 37.3 Å². The van der Waals surface area contributed by atoms with Crippen LogP contribution in [0.4, 0.5) is 5.69 Å². The van der Waals surface area contributed by atoms with E-state index >= 15 is 0 Å². The van der Waals surface area contributed by atoms with Crippen molar-refractivity contribution in [2.24, 2.45) is 0 Å². The molecule has 1 aliphatic rings. The molecule has 3 aromatic rings. The first-order chi connectivity index (χ1) is 14.6. The van der Waals surface area contributed by atoms with E-state index in [-0.39, 0.29) is 6.04 Å². The van der Waals surface area contributed by atoms with Gasteiger partial charge in [0, 0.05) is 30.7 Å². The van der Waals surface area contributed by atoms with Crippen molar-refractivity contribution in [3.63, 3.8) is 0 Å². The highest BCUT2D eigenvalue weighted by Gasteiger charge is 2.30. The average Bonchev–Trinajstić information content (AvgIpc) is 3.24. The van der Waals surface area contributed by atoms with E-state index in [2.05, 4.69) is 77.3 Å². The molecule has 0 fully saturated rings. The van der Waals surface area contributed by atoms with E-state index in [4.69, 9.17) is 17.0 Å². The molecule has 2 aromatic carbocycles. The Morgan fingerprint density at radius 2 is 1.87 bits per heavy atom. The van der Waals surface area contributed by atoms with E-state index in [0.29, 0.717) is 6.61 Å². The van der Waals surface area contributed by atoms with Crippen molar-refractivity contribution in [1.82, 2.24) is 9.47 Å². The van der Waals surface area contributed by atoms with Gasteiger partial charge in [-0.05, 0) is 73.4 Å². The normalized spacial score (nSPS) is 15.6. The molecule has 1 aliphatic heterocycles. The zero-order valence-corrected chi connectivity index (χ0v) is 18.7. The topological polar surface area (TPSA) is 29.4 Å². The van der Waals surface area contributed by atoms with Crippen LogP contribution in [0.25, 0.3) is 0 Å². The fourth-order valence-electron chi connectivity index (χ4n) is 4.25. The van der Waals surface area contributed by atoms with Crippen LogP contribution in [-0.2, 0) is 13.0 Å². The molecule has 0 radical (unpaired) electrons. The number of rotatable bonds is 5. The van der Waals surface area contributed by atoms with Gasteiger partial charge in [-0.25, -0.2) is 0 Å². The number of nitrogens with one attached hydrogen (secondary N) is 1. The van der Waals surface area contributed by atoms with Crippen molar-refractivity contribution in [2.75, 3.05) is 18.5 Å². The Kier molecular flexibility index (Phi) is 6.09. The number of hydrogen-bond acceptors (Lipinski definition) is 2. The van der Waals surface area contributed by atoms with Crippen molar-refractivity contribution in [3.8, 4) is 5.75 Å². The largest absolute Gasteiger partial charge is 0.494 e. The van der Waals surface area contributed by atoms with Crippen LogP contribution in [-0.4, -0.2) is 27.7 Å². The summed E-state index contributed by atoms with van der Waals surface area (Å²) < 4.78 is 7.96. The van der Waals surface area contributed by atoms with Crippen molar-refractivity contribution in [1.29, 1.82) is 0 Å². The highest BCUT2D eigenvalue weighted by atomic mass is 32.1. The van der Waals surface area contributed by atoms with Crippen molar-refractivity contribution in [2.45, 2.75) is 39.8 Å². The Morgan fingerprint density at radius 3 is 2.60 bits per heavy atom. The molecule has 5 heteroatoms. The summed E-state index contributed by atoms with van der Waals surface area (Å²) in [5.41, 5.74) is 6.11. The first kappa shape index (κ1) is 20.5. The first-order valence-electron chi connectivity index (χ1n) is 10.7. The van der Waals surface area contributed by atoms with Crippen LogP contribution in [0.3, 0.4) is 0 Å². The molecule has 0 saturated heterocycles. The van der Waals surface area contributed by atoms with E-state index in [1.54, 1.807) is 0 Å². The zero-order chi connectivity index (χ0) is 21.1. The summed E-state index contributed by atoms with van der Waals surface area (Å²) in [6, 6.07) is 19.2. The second-order valence-corrected chi connectivity index (χ2v) is 8.00. The van der Waals surface area contributed by atoms with Crippen molar-refractivity contribution in [3.05, 3.63) is 83.2 Å². The number of ether oxygens (including phenoxy) is 1. The molecule has 4 rings (SSSR count). The average molecular weight is 420 g/mol. The van der Waals surface area contributed by atoms with Gasteiger partial charge in [0.1, 0.15) is 5.75 Å². The Hall–Kier alpha value is -2.79. The molecule has 30 heavy (non-hydrogen) atoms. The molecular formula is C25H29N3OS. The molecule has 1 aromatic heterocycles. The number of aromatic nitrogens is 1. The van der Waals surface area contributed by atoms with Crippen molar-refractivity contribution >= 4 is 23.0 Å². The number of benzene rings is 2. The molecule has 0 saturated carbocycles. The number of nitrogens with zero attached hydrogens (tertiary/aromatic N) is 2.